The van der Waals surface area contributed by atoms with E-state index in [0.29, 0.717) is 17.7 Å². The van der Waals surface area contributed by atoms with Crippen LogP contribution in [0.2, 0.25) is 5.02 Å². The van der Waals surface area contributed by atoms with Crippen molar-refractivity contribution >= 4 is 23.6 Å². The van der Waals surface area contributed by atoms with Gasteiger partial charge in [-0.3, -0.25) is 4.79 Å². The largest absolute Gasteiger partial charge is 0.488 e. The number of hydrogen-bond donors (Lipinski definition) is 0. The third-order valence-corrected chi connectivity index (χ3v) is 4.55. The first kappa shape index (κ1) is 14.5. The van der Waals surface area contributed by atoms with Gasteiger partial charge in [0.25, 0.3) is 5.91 Å². The summed E-state index contributed by atoms with van der Waals surface area (Å²) in [5.74, 6) is 0.911. The van der Waals surface area contributed by atoms with Gasteiger partial charge in [0.05, 0.1) is 5.57 Å². The minimum atomic E-state index is 0.118. The number of likely N-dealkylation sites (tertiary alicyclic amines) is 1. The molecule has 0 N–H and O–H groups in total. The molecule has 3 rings (SSSR count). The molecule has 3 nitrogen and oxygen atoms in total. The Morgan fingerprint density at radius 3 is 3.10 bits per heavy atom. The van der Waals surface area contributed by atoms with E-state index in [-0.39, 0.29) is 5.91 Å². The molecule has 0 radical (unpaired) electrons. The standard InChI is InChI=1S/C17H20ClNO2/c1-2-15-5-3-4-8-19(15)17(20)13-9-12-10-14(18)6-7-16(12)21-11-13/h6-7,9-10,15H,2-5,8,11H2,1H3. The first-order valence-electron chi connectivity index (χ1n) is 7.63. The summed E-state index contributed by atoms with van der Waals surface area (Å²) in [7, 11) is 0. The van der Waals surface area contributed by atoms with Gasteiger partial charge in [-0.15, -0.1) is 0 Å². The van der Waals surface area contributed by atoms with Crippen LogP contribution in [0.4, 0.5) is 0 Å². The maximum Gasteiger partial charge on any atom is 0.253 e. The molecule has 1 unspecified atom stereocenters. The Kier molecular flexibility index (Phi) is 4.20. The highest BCUT2D eigenvalue weighted by atomic mass is 35.5. The number of carbonyl (C=O) groups excluding carboxylic acids is 1. The zero-order chi connectivity index (χ0) is 14.8. The Labute approximate surface area is 130 Å². The third-order valence-electron chi connectivity index (χ3n) is 4.32. The molecule has 0 bridgehead atoms. The van der Waals surface area contributed by atoms with Gasteiger partial charge in [0.1, 0.15) is 12.4 Å². The summed E-state index contributed by atoms with van der Waals surface area (Å²) >= 11 is 6.02. The summed E-state index contributed by atoms with van der Waals surface area (Å²) in [6.07, 6.45) is 6.37. The molecule has 1 saturated heterocycles. The monoisotopic (exact) mass is 305 g/mol. The quantitative estimate of drug-likeness (QED) is 0.829. The molecule has 4 heteroatoms. The molecular weight excluding hydrogens is 286 g/mol. The molecule has 112 valence electrons. The highest BCUT2D eigenvalue weighted by molar-refractivity contribution is 6.30. The number of ether oxygens (including phenoxy) is 1. The SMILES string of the molecule is CCC1CCCCN1C(=O)C1=Cc2cc(Cl)ccc2OC1. The van der Waals surface area contributed by atoms with E-state index in [2.05, 4.69) is 6.92 Å². The molecule has 2 aliphatic rings. The van der Waals surface area contributed by atoms with Gasteiger partial charge in [-0.1, -0.05) is 18.5 Å². The number of piperidine rings is 1. The normalized spacial score (nSPS) is 21.3. The maximum atomic E-state index is 12.8. The van der Waals surface area contributed by atoms with Crippen molar-refractivity contribution < 1.29 is 9.53 Å². The fourth-order valence-electron chi connectivity index (χ4n) is 3.15. The Balaban J connectivity index is 1.85. The molecule has 21 heavy (non-hydrogen) atoms. The smallest absolute Gasteiger partial charge is 0.253 e. The lowest BCUT2D eigenvalue weighted by atomic mass is 9.98. The number of fused-ring (bicyclic) bond motifs is 1. The Morgan fingerprint density at radius 1 is 1.43 bits per heavy atom. The van der Waals surface area contributed by atoms with Crippen LogP contribution in [0.15, 0.2) is 23.8 Å². The zero-order valence-corrected chi connectivity index (χ0v) is 13.0. The van der Waals surface area contributed by atoms with Crippen molar-refractivity contribution in [2.75, 3.05) is 13.2 Å². The summed E-state index contributed by atoms with van der Waals surface area (Å²) in [5.41, 5.74) is 1.62. The van der Waals surface area contributed by atoms with E-state index in [1.54, 1.807) is 6.07 Å². The summed E-state index contributed by atoms with van der Waals surface area (Å²) < 4.78 is 5.70. The molecule has 2 heterocycles. The summed E-state index contributed by atoms with van der Waals surface area (Å²) in [6, 6.07) is 5.87. The average Bonchev–Trinajstić information content (AvgIpc) is 2.53. The second-order valence-electron chi connectivity index (χ2n) is 5.70. The number of rotatable bonds is 2. The van der Waals surface area contributed by atoms with Gasteiger partial charge in [-0.2, -0.15) is 0 Å². The lowest BCUT2D eigenvalue weighted by molar-refractivity contribution is -0.131. The van der Waals surface area contributed by atoms with Gasteiger partial charge in [0.15, 0.2) is 0 Å². The van der Waals surface area contributed by atoms with E-state index >= 15 is 0 Å². The Bertz CT molecular complexity index is 582. The van der Waals surface area contributed by atoms with E-state index in [1.165, 1.54) is 6.42 Å². The zero-order valence-electron chi connectivity index (χ0n) is 12.3. The third kappa shape index (κ3) is 2.93. The van der Waals surface area contributed by atoms with Crippen molar-refractivity contribution in [3.8, 4) is 5.75 Å². The first-order chi connectivity index (χ1) is 10.2. The molecule has 2 aliphatic heterocycles. The summed E-state index contributed by atoms with van der Waals surface area (Å²) in [6.45, 7) is 3.36. The number of benzene rings is 1. The molecule has 0 spiro atoms. The Morgan fingerprint density at radius 2 is 2.29 bits per heavy atom. The molecule has 0 aliphatic carbocycles. The van der Waals surface area contributed by atoms with E-state index in [9.17, 15) is 4.79 Å². The summed E-state index contributed by atoms with van der Waals surface area (Å²) in [5, 5.41) is 0.659. The van der Waals surface area contributed by atoms with Gasteiger partial charge >= 0.3 is 0 Å². The molecular formula is C17H20ClNO2. The van der Waals surface area contributed by atoms with Gasteiger partial charge in [0.2, 0.25) is 0 Å². The number of nitrogens with zero attached hydrogens (tertiary/aromatic N) is 1. The van der Waals surface area contributed by atoms with Crippen molar-refractivity contribution in [2.24, 2.45) is 0 Å². The van der Waals surface area contributed by atoms with E-state index in [4.69, 9.17) is 16.3 Å². The average molecular weight is 306 g/mol. The minimum Gasteiger partial charge on any atom is -0.488 e. The van der Waals surface area contributed by atoms with Crippen LogP contribution in [0.25, 0.3) is 6.08 Å². The fraction of sp³-hybridized carbons (Fsp3) is 0.471. The van der Waals surface area contributed by atoms with Crippen LogP contribution < -0.4 is 4.74 Å². The van der Waals surface area contributed by atoms with Crippen LogP contribution in [0.1, 0.15) is 38.2 Å². The van der Waals surface area contributed by atoms with Crippen molar-refractivity contribution in [1.29, 1.82) is 0 Å². The van der Waals surface area contributed by atoms with Crippen LogP contribution >= 0.6 is 11.6 Å². The topological polar surface area (TPSA) is 29.5 Å². The maximum absolute atomic E-state index is 12.8. The molecule has 0 saturated carbocycles. The molecule has 1 fully saturated rings. The molecule has 1 aromatic rings. The lowest BCUT2D eigenvalue weighted by Crippen LogP contribution is -2.44. The molecule has 1 amide bonds. The molecule has 1 atom stereocenters. The number of halogens is 1. The van der Waals surface area contributed by atoms with Crippen LogP contribution in [0.3, 0.4) is 0 Å². The second-order valence-corrected chi connectivity index (χ2v) is 6.13. The number of hydrogen-bond acceptors (Lipinski definition) is 2. The van der Waals surface area contributed by atoms with Gasteiger partial charge in [-0.05, 0) is 50.0 Å². The van der Waals surface area contributed by atoms with E-state index in [0.717, 1.165) is 42.7 Å². The summed E-state index contributed by atoms with van der Waals surface area (Å²) in [4.78, 5) is 14.8. The first-order valence-corrected chi connectivity index (χ1v) is 8.00. The second kappa shape index (κ2) is 6.10. The lowest BCUT2D eigenvalue weighted by Gasteiger charge is -2.36. The minimum absolute atomic E-state index is 0.118. The van der Waals surface area contributed by atoms with Crippen LogP contribution in [0, 0.1) is 0 Å². The fourth-order valence-corrected chi connectivity index (χ4v) is 3.33. The number of carbonyl (C=O) groups is 1. The van der Waals surface area contributed by atoms with Crippen LogP contribution in [-0.4, -0.2) is 30.0 Å². The highest BCUT2D eigenvalue weighted by Crippen LogP contribution is 2.30. The van der Waals surface area contributed by atoms with Gasteiger partial charge in [0, 0.05) is 23.2 Å². The van der Waals surface area contributed by atoms with Crippen molar-refractivity contribution in [3.63, 3.8) is 0 Å². The van der Waals surface area contributed by atoms with Gasteiger partial charge < -0.3 is 9.64 Å². The van der Waals surface area contributed by atoms with Crippen molar-refractivity contribution in [3.05, 3.63) is 34.4 Å². The van der Waals surface area contributed by atoms with E-state index in [1.807, 2.05) is 23.1 Å². The molecule has 0 aromatic heterocycles. The Hall–Kier alpha value is -1.48. The predicted octanol–water partition coefficient (Wildman–Crippen LogP) is 3.91. The van der Waals surface area contributed by atoms with E-state index < -0.39 is 0 Å². The van der Waals surface area contributed by atoms with Crippen LogP contribution in [-0.2, 0) is 4.79 Å². The molecule has 1 aromatic carbocycles. The highest BCUT2D eigenvalue weighted by Gasteiger charge is 2.29. The van der Waals surface area contributed by atoms with Gasteiger partial charge in [-0.25, -0.2) is 0 Å². The van der Waals surface area contributed by atoms with Crippen molar-refractivity contribution in [2.45, 2.75) is 38.6 Å². The number of amides is 1. The predicted molar refractivity (Wildman–Crippen MR) is 84.6 cm³/mol. The van der Waals surface area contributed by atoms with Crippen LogP contribution in [0.5, 0.6) is 5.75 Å². The van der Waals surface area contributed by atoms with Crippen molar-refractivity contribution in [1.82, 2.24) is 4.90 Å².